The Labute approximate surface area is 124 Å². The van der Waals surface area contributed by atoms with Crippen LogP contribution >= 0.6 is 11.8 Å². The lowest BCUT2D eigenvalue weighted by Gasteiger charge is -2.02. The van der Waals surface area contributed by atoms with Gasteiger partial charge in [0.25, 0.3) is 0 Å². The molecular weight excluding hydrogens is 268 g/mol. The minimum absolute atomic E-state index is 0.273. The standard InChI is InChI=1S/C17H18O2S/c1-3-7-14(8-4-1)11-18-12-16-17(19-16)13-20-15-9-5-2-6-10-15/h1-10,16-17H,11-13H2/t16-,17+/m1/s1. The van der Waals surface area contributed by atoms with Crippen LogP contribution in [0.3, 0.4) is 0 Å². The highest BCUT2D eigenvalue weighted by Crippen LogP contribution is 2.29. The summed E-state index contributed by atoms with van der Waals surface area (Å²) in [7, 11) is 0. The third-order valence-corrected chi connectivity index (χ3v) is 4.34. The Bertz CT molecular complexity index is 515. The zero-order chi connectivity index (χ0) is 13.6. The second-order valence-electron chi connectivity index (χ2n) is 4.84. The van der Waals surface area contributed by atoms with Crippen LogP contribution < -0.4 is 0 Å². The average molecular weight is 286 g/mol. The smallest absolute Gasteiger partial charge is 0.108 e. The van der Waals surface area contributed by atoms with Gasteiger partial charge in [-0.05, 0) is 17.7 Å². The van der Waals surface area contributed by atoms with Crippen LogP contribution in [-0.4, -0.2) is 24.6 Å². The van der Waals surface area contributed by atoms with Gasteiger partial charge in [-0.1, -0.05) is 48.5 Å². The summed E-state index contributed by atoms with van der Waals surface area (Å²) in [6.45, 7) is 1.36. The molecule has 1 aliphatic rings. The van der Waals surface area contributed by atoms with E-state index in [9.17, 15) is 0 Å². The lowest BCUT2D eigenvalue weighted by molar-refractivity contribution is 0.104. The highest BCUT2D eigenvalue weighted by atomic mass is 32.2. The third-order valence-electron chi connectivity index (χ3n) is 3.24. The van der Waals surface area contributed by atoms with Crippen molar-refractivity contribution in [3.63, 3.8) is 0 Å². The molecule has 0 aliphatic carbocycles. The van der Waals surface area contributed by atoms with E-state index >= 15 is 0 Å². The van der Waals surface area contributed by atoms with Gasteiger partial charge in [0.15, 0.2) is 0 Å². The van der Waals surface area contributed by atoms with Gasteiger partial charge in [0.1, 0.15) is 6.10 Å². The van der Waals surface area contributed by atoms with E-state index in [1.807, 2.05) is 36.0 Å². The molecule has 2 aromatic rings. The largest absolute Gasteiger partial charge is 0.374 e. The molecule has 2 aromatic carbocycles. The maximum atomic E-state index is 5.69. The molecule has 1 saturated heterocycles. The Balaban J connectivity index is 1.32. The van der Waals surface area contributed by atoms with Crippen molar-refractivity contribution in [2.45, 2.75) is 23.7 Å². The fourth-order valence-corrected chi connectivity index (χ4v) is 3.03. The van der Waals surface area contributed by atoms with Gasteiger partial charge < -0.3 is 9.47 Å². The molecule has 3 heteroatoms. The Morgan fingerprint density at radius 2 is 1.60 bits per heavy atom. The molecule has 2 atom stereocenters. The van der Waals surface area contributed by atoms with E-state index in [2.05, 4.69) is 36.4 Å². The van der Waals surface area contributed by atoms with Gasteiger partial charge in [0.2, 0.25) is 0 Å². The van der Waals surface area contributed by atoms with Crippen LogP contribution in [0.4, 0.5) is 0 Å². The quantitative estimate of drug-likeness (QED) is 0.571. The van der Waals surface area contributed by atoms with Gasteiger partial charge in [-0.2, -0.15) is 0 Å². The van der Waals surface area contributed by atoms with Crippen molar-refractivity contribution < 1.29 is 9.47 Å². The predicted octanol–water partition coefficient (Wildman–Crippen LogP) is 3.76. The van der Waals surface area contributed by atoms with Crippen molar-refractivity contribution in [2.75, 3.05) is 12.4 Å². The van der Waals surface area contributed by atoms with E-state index in [-0.39, 0.29) is 6.10 Å². The van der Waals surface area contributed by atoms with Crippen LogP contribution in [0.5, 0.6) is 0 Å². The molecule has 1 aliphatic heterocycles. The molecule has 3 rings (SSSR count). The first-order valence-electron chi connectivity index (χ1n) is 6.87. The summed E-state index contributed by atoms with van der Waals surface area (Å²) in [5.74, 6) is 1.00. The second-order valence-corrected chi connectivity index (χ2v) is 5.93. The normalized spacial score (nSPS) is 20.8. The zero-order valence-electron chi connectivity index (χ0n) is 11.3. The fraction of sp³-hybridized carbons (Fsp3) is 0.294. The van der Waals surface area contributed by atoms with Crippen molar-refractivity contribution in [1.29, 1.82) is 0 Å². The number of rotatable bonds is 7. The van der Waals surface area contributed by atoms with Crippen molar-refractivity contribution in [2.24, 2.45) is 0 Å². The minimum Gasteiger partial charge on any atom is -0.374 e. The van der Waals surface area contributed by atoms with Gasteiger partial charge in [-0.25, -0.2) is 0 Å². The van der Waals surface area contributed by atoms with Gasteiger partial charge in [-0.3, -0.25) is 0 Å². The first-order valence-corrected chi connectivity index (χ1v) is 7.85. The molecule has 0 N–H and O–H groups in total. The molecule has 0 radical (unpaired) electrons. The van der Waals surface area contributed by atoms with Crippen molar-refractivity contribution >= 4 is 11.8 Å². The summed E-state index contributed by atoms with van der Waals surface area (Å²) in [5.41, 5.74) is 1.21. The summed E-state index contributed by atoms with van der Waals surface area (Å²) in [4.78, 5) is 1.30. The molecule has 0 bridgehead atoms. The van der Waals surface area contributed by atoms with E-state index in [0.29, 0.717) is 19.3 Å². The average Bonchev–Trinajstić information content (AvgIpc) is 3.26. The van der Waals surface area contributed by atoms with E-state index in [4.69, 9.17) is 9.47 Å². The van der Waals surface area contributed by atoms with E-state index in [1.54, 1.807) is 0 Å². The van der Waals surface area contributed by atoms with Crippen LogP contribution in [0.1, 0.15) is 5.56 Å². The monoisotopic (exact) mass is 286 g/mol. The van der Waals surface area contributed by atoms with E-state index in [0.717, 1.165) is 5.75 Å². The molecule has 1 heterocycles. The number of hydrogen-bond donors (Lipinski definition) is 0. The van der Waals surface area contributed by atoms with E-state index < -0.39 is 0 Å². The maximum absolute atomic E-state index is 5.69. The zero-order valence-corrected chi connectivity index (χ0v) is 12.1. The molecule has 0 saturated carbocycles. The van der Waals surface area contributed by atoms with Crippen molar-refractivity contribution in [1.82, 2.24) is 0 Å². The van der Waals surface area contributed by atoms with Gasteiger partial charge in [-0.15, -0.1) is 11.8 Å². The third kappa shape index (κ3) is 4.10. The number of ether oxygens (including phenoxy) is 2. The fourth-order valence-electron chi connectivity index (χ4n) is 2.03. The number of hydrogen-bond acceptors (Lipinski definition) is 3. The molecule has 0 amide bonds. The second kappa shape index (κ2) is 6.93. The number of benzene rings is 2. The molecule has 20 heavy (non-hydrogen) atoms. The first kappa shape index (κ1) is 13.7. The molecule has 104 valence electrons. The lowest BCUT2D eigenvalue weighted by atomic mass is 10.2. The van der Waals surface area contributed by atoms with Crippen LogP contribution in [0.2, 0.25) is 0 Å². The summed E-state index contributed by atoms with van der Waals surface area (Å²) < 4.78 is 11.3. The van der Waals surface area contributed by atoms with E-state index in [1.165, 1.54) is 10.5 Å². The lowest BCUT2D eigenvalue weighted by Crippen LogP contribution is -2.06. The Hall–Kier alpha value is -1.29. The van der Waals surface area contributed by atoms with Crippen molar-refractivity contribution in [3.8, 4) is 0 Å². The Morgan fingerprint density at radius 1 is 0.900 bits per heavy atom. The summed E-state index contributed by atoms with van der Waals surface area (Å²) in [5, 5.41) is 0. The summed E-state index contributed by atoms with van der Waals surface area (Å²) in [6.07, 6.45) is 0.617. The Kier molecular flexibility index (Phi) is 4.74. The van der Waals surface area contributed by atoms with Gasteiger partial charge in [0, 0.05) is 10.6 Å². The molecule has 0 spiro atoms. The molecule has 0 unspecified atom stereocenters. The SMILES string of the molecule is c1ccc(COC[C@H]2O[C@H]2CSc2ccccc2)cc1. The highest BCUT2D eigenvalue weighted by molar-refractivity contribution is 7.99. The van der Waals surface area contributed by atoms with Crippen molar-refractivity contribution in [3.05, 3.63) is 66.2 Å². The summed E-state index contributed by atoms with van der Waals surface area (Å²) in [6, 6.07) is 20.7. The van der Waals surface area contributed by atoms with Crippen LogP contribution in [0, 0.1) is 0 Å². The first-order chi connectivity index (χ1) is 9.92. The molecular formula is C17H18O2S. The number of epoxide rings is 1. The maximum Gasteiger partial charge on any atom is 0.108 e. The number of thioether (sulfide) groups is 1. The molecule has 1 fully saturated rings. The predicted molar refractivity (Wildman–Crippen MR) is 81.9 cm³/mol. The van der Waals surface area contributed by atoms with Gasteiger partial charge >= 0.3 is 0 Å². The molecule has 0 aromatic heterocycles. The summed E-state index contributed by atoms with van der Waals surface area (Å²) >= 11 is 1.84. The topological polar surface area (TPSA) is 21.8 Å². The van der Waals surface area contributed by atoms with Crippen LogP contribution in [-0.2, 0) is 16.1 Å². The minimum atomic E-state index is 0.273. The Morgan fingerprint density at radius 3 is 2.35 bits per heavy atom. The highest BCUT2D eigenvalue weighted by Gasteiger charge is 2.38. The van der Waals surface area contributed by atoms with Crippen LogP contribution in [0.25, 0.3) is 0 Å². The van der Waals surface area contributed by atoms with Gasteiger partial charge in [0.05, 0.1) is 19.3 Å². The molecule has 2 nitrogen and oxygen atoms in total. The van der Waals surface area contributed by atoms with Crippen LogP contribution in [0.15, 0.2) is 65.6 Å².